The summed E-state index contributed by atoms with van der Waals surface area (Å²) in [5.41, 5.74) is -0.288. The van der Waals surface area contributed by atoms with Gasteiger partial charge in [0, 0.05) is 30.4 Å². The minimum Gasteiger partial charge on any atom is -0.481 e. The van der Waals surface area contributed by atoms with E-state index in [0.717, 1.165) is 5.06 Å². The summed E-state index contributed by atoms with van der Waals surface area (Å²) in [4.78, 5) is 41.9. The number of fused-ring (bicyclic) bond motifs is 1. The van der Waals surface area contributed by atoms with Gasteiger partial charge in [-0.05, 0) is 51.8 Å². The summed E-state index contributed by atoms with van der Waals surface area (Å²) in [5.74, 6) is -5.25. The Bertz CT molecular complexity index is 1520. The number of aromatic nitrogens is 1. The zero-order valence-corrected chi connectivity index (χ0v) is 27.1. The summed E-state index contributed by atoms with van der Waals surface area (Å²) in [6.07, 6.45) is 0.665. The number of nitrogens with one attached hydrogen (secondary N) is 1. The number of likely N-dealkylation sites (tertiary alicyclic amines) is 1. The monoisotopic (exact) mass is 665 g/mol. The molecule has 2 aromatic rings. The molecule has 3 aliphatic rings. The van der Waals surface area contributed by atoms with Crippen LogP contribution < -0.4 is 5.32 Å². The summed E-state index contributed by atoms with van der Waals surface area (Å²) >= 11 is 1.30. The van der Waals surface area contributed by atoms with Crippen LogP contribution in [-0.4, -0.2) is 101 Å². The second kappa shape index (κ2) is 13.4. The molecule has 0 saturated carbocycles. The van der Waals surface area contributed by atoms with E-state index in [4.69, 9.17) is 19.3 Å². The number of carbonyl (C=O) groups is 2. The Balaban J connectivity index is 1.51. The Labute approximate surface area is 269 Å². The summed E-state index contributed by atoms with van der Waals surface area (Å²) < 4.78 is 57.6. The van der Waals surface area contributed by atoms with Crippen LogP contribution in [0.3, 0.4) is 0 Å². The number of carboxylic acids is 1. The van der Waals surface area contributed by atoms with Gasteiger partial charge in [-0.1, -0.05) is 12.1 Å². The van der Waals surface area contributed by atoms with Gasteiger partial charge in [-0.3, -0.25) is 19.5 Å². The number of thiazole rings is 1. The van der Waals surface area contributed by atoms with Gasteiger partial charge in [0.15, 0.2) is 10.8 Å². The number of carbonyl (C=O) groups excluding carboxylic acids is 1. The van der Waals surface area contributed by atoms with Gasteiger partial charge in [0.25, 0.3) is 5.92 Å². The Hall–Kier alpha value is -3.37. The number of benzene rings is 1. The van der Waals surface area contributed by atoms with Gasteiger partial charge >= 0.3 is 11.9 Å². The highest BCUT2D eigenvalue weighted by Gasteiger charge is 2.61. The number of nitrogens with zero attached hydrogens (tertiary/aromatic N) is 4. The number of esters is 1. The van der Waals surface area contributed by atoms with Crippen LogP contribution in [0.25, 0.3) is 0 Å². The number of aliphatic carboxylic acids is 1. The molecule has 0 unspecified atom stereocenters. The quantitative estimate of drug-likeness (QED) is 0.322. The minimum absolute atomic E-state index is 0.0521. The molecule has 15 heteroatoms. The SMILES string of the molecule is CCOC(=O)C1=C(CN2CC(F)(F)[C@@H]3[C@H]2CON3C[C@H](OCC)C(C)(C)C(=O)O)NC(c2nccs2)=N[C@H]1c1cccc(F)c1C. The van der Waals surface area contributed by atoms with Crippen LogP contribution in [0.5, 0.6) is 0 Å². The lowest BCUT2D eigenvalue weighted by Crippen LogP contribution is -2.52. The molecule has 2 saturated heterocycles. The zero-order chi connectivity index (χ0) is 33.4. The van der Waals surface area contributed by atoms with Crippen LogP contribution in [0.4, 0.5) is 13.2 Å². The molecule has 0 radical (unpaired) electrons. The first-order valence-corrected chi connectivity index (χ1v) is 15.9. The number of aliphatic imine (C=N–C) groups is 1. The van der Waals surface area contributed by atoms with Crippen molar-refractivity contribution in [3.63, 3.8) is 0 Å². The van der Waals surface area contributed by atoms with Gasteiger partial charge in [-0.15, -0.1) is 11.3 Å². The minimum atomic E-state index is -3.25. The molecule has 0 bridgehead atoms. The average Bonchev–Trinajstić information content (AvgIpc) is 3.73. The van der Waals surface area contributed by atoms with Crippen LogP contribution in [0.15, 0.2) is 46.0 Å². The van der Waals surface area contributed by atoms with Crippen molar-refractivity contribution in [2.75, 3.05) is 39.5 Å². The van der Waals surface area contributed by atoms with Crippen molar-refractivity contribution in [2.24, 2.45) is 10.4 Å². The highest BCUT2D eigenvalue weighted by molar-refractivity contribution is 7.11. The highest BCUT2D eigenvalue weighted by atomic mass is 32.1. The second-order valence-corrected chi connectivity index (χ2v) is 12.8. The van der Waals surface area contributed by atoms with E-state index in [9.17, 15) is 19.1 Å². The van der Waals surface area contributed by atoms with Crippen LogP contribution in [0, 0.1) is 18.2 Å². The van der Waals surface area contributed by atoms with Crippen LogP contribution >= 0.6 is 11.3 Å². The smallest absolute Gasteiger partial charge is 0.338 e. The van der Waals surface area contributed by atoms with E-state index >= 15 is 8.78 Å². The fourth-order valence-electron chi connectivity index (χ4n) is 6.11. The van der Waals surface area contributed by atoms with E-state index in [-0.39, 0.29) is 44.2 Å². The number of rotatable bonds is 12. The van der Waals surface area contributed by atoms with Crippen molar-refractivity contribution in [2.45, 2.75) is 64.8 Å². The largest absolute Gasteiger partial charge is 0.481 e. The maximum absolute atomic E-state index is 15.8. The van der Waals surface area contributed by atoms with Gasteiger partial charge in [0.05, 0.1) is 49.4 Å². The average molecular weight is 666 g/mol. The zero-order valence-electron chi connectivity index (χ0n) is 26.3. The molecule has 0 amide bonds. The number of amidine groups is 1. The third-order valence-corrected chi connectivity index (χ3v) is 9.47. The lowest BCUT2D eigenvalue weighted by Gasteiger charge is -2.35. The number of carboxylic acid groups (broad SMARTS) is 1. The first kappa shape index (κ1) is 34.0. The van der Waals surface area contributed by atoms with Gasteiger partial charge in [-0.2, -0.15) is 5.06 Å². The van der Waals surface area contributed by atoms with Gasteiger partial charge in [0.1, 0.15) is 17.9 Å². The number of ether oxygens (including phenoxy) is 2. The first-order valence-electron chi connectivity index (χ1n) is 15.1. The van der Waals surface area contributed by atoms with Crippen molar-refractivity contribution in [3.05, 3.63) is 63.0 Å². The Morgan fingerprint density at radius 3 is 2.70 bits per heavy atom. The molecule has 0 spiro atoms. The van der Waals surface area contributed by atoms with Crippen molar-refractivity contribution in [1.29, 1.82) is 0 Å². The van der Waals surface area contributed by atoms with Crippen molar-refractivity contribution < 1.29 is 42.2 Å². The predicted octanol–water partition coefficient (Wildman–Crippen LogP) is 3.95. The number of hydrogen-bond donors (Lipinski definition) is 2. The second-order valence-electron chi connectivity index (χ2n) is 12.0. The van der Waals surface area contributed by atoms with E-state index in [1.807, 2.05) is 0 Å². The van der Waals surface area contributed by atoms with E-state index in [2.05, 4.69) is 10.3 Å². The normalized spacial score (nSPS) is 24.0. The maximum Gasteiger partial charge on any atom is 0.338 e. The molecule has 1 aromatic carbocycles. The van der Waals surface area contributed by atoms with Gasteiger partial charge in [-0.25, -0.2) is 22.9 Å². The number of hydrogen-bond acceptors (Lipinski definition) is 11. The fourth-order valence-corrected chi connectivity index (χ4v) is 6.70. The molecule has 2 fully saturated rings. The number of alkyl halides is 2. The predicted molar refractivity (Wildman–Crippen MR) is 163 cm³/mol. The molecule has 46 heavy (non-hydrogen) atoms. The molecular formula is C31H38F3N5O6S. The van der Waals surface area contributed by atoms with Crippen molar-refractivity contribution >= 4 is 29.1 Å². The molecule has 1 aromatic heterocycles. The molecule has 250 valence electrons. The van der Waals surface area contributed by atoms with E-state index in [1.165, 1.54) is 42.2 Å². The fraction of sp³-hybridized carbons (Fsp3) is 0.548. The summed E-state index contributed by atoms with van der Waals surface area (Å²) in [5, 5.41) is 16.3. The molecule has 4 atom stereocenters. The van der Waals surface area contributed by atoms with Crippen LogP contribution in [0.1, 0.15) is 49.9 Å². The summed E-state index contributed by atoms with van der Waals surface area (Å²) in [6, 6.07) is 1.31. The van der Waals surface area contributed by atoms with Gasteiger partial charge < -0.3 is 19.9 Å². The van der Waals surface area contributed by atoms with E-state index in [0.29, 0.717) is 22.0 Å². The van der Waals surface area contributed by atoms with E-state index < -0.39 is 59.9 Å². The van der Waals surface area contributed by atoms with Crippen molar-refractivity contribution in [1.82, 2.24) is 20.3 Å². The highest BCUT2D eigenvalue weighted by Crippen LogP contribution is 2.42. The molecule has 2 N–H and O–H groups in total. The Morgan fingerprint density at radius 1 is 1.28 bits per heavy atom. The lowest BCUT2D eigenvalue weighted by molar-refractivity contribution is -0.207. The maximum atomic E-state index is 15.8. The van der Waals surface area contributed by atoms with Crippen LogP contribution in [0.2, 0.25) is 0 Å². The molecule has 5 rings (SSSR count). The van der Waals surface area contributed by atoms with E-state index in [1.54, 1.807) is 38.4 Å². The standard InChI is InChI=1S/C31H38F3N5O6S/c1-6-43-22(30(4,5)29(41)42)14-39-25-21(15-45-39)38(16-31(25,33)34)13-20-23(28(40)44-7-2)24(18-9-8-10-19(32)17(18)3)37-26(36-20)27-35-11-12-46-27/h8-12,21-22,24-25H,6-7,13-16H2,1-5H3,(H,36,37)(H,41,42)/t21-,22+,24+,25+/m1/s1. The molecule has 11 nitrogen and oxygen atoms in total. The molecular weight excluding hydrogens is 627 g/mol. The van der Waals surface area contributed by atoms with Crippen molar-refractivity contribution in [3.8, 4) is 0 Å². The van der Waals surface area contributed by atoms with Crippen LogP contribution in [-0.2, 0) is 23.9 Å². The third-order valence-electron chi connectivity index (χ3n) is 8.69. The van der Waals surface area contributed by atoms with Gasteiger partial charge in [0.2, 0.25) is 0 Å². The number of hydroxylamine groups is 2. The molecule has 0 aliphatic carbocycles. The summed E-state index contributed by atoms with van der Waals surface area (Å²) in [7, 11) is 0. The number of halogens is 3. The Kier molecular flexibility index (Phi) is 9.89. The topological polar surface area (TPSA) is 126 Å². The summed E-state index contributed by atoms with van der Waals surface area (Å²) in [6.45, 7) is 7.10. The molecule has 4 heterocycles. The Morgan fingerprint density at radius 2 is 2.04 bits per heavy atom. The third kappa shape index (κ3) is 6.43. The first-order chi connectivity index (χ1) is 21.8. The molecule has 3 aliphatic heterocycles. The lowest BCUT2D eigenvalue weighted by atomic mass is 9.86.